The second-order valence-corrected chi connectivity index (χ2v) is 9.90. The molecule has 8 heteroatoms. The van der Waals surface area contributed by atoms with Gasteiger partial charge in [0, 0.05) is 39.0 Å². The number of hydrogen-bond acceptors (Lipinski definition) is 4. The summed E-state index contributed by atoms with van der Waals surface area (Å²) in [4.78, 5) is 17.3. The van der Waals surface area contributed by atoms with Crippen LogP contribution in [0, 0.1) is 5.92 Å². The van der Waals surface area contributed by atoms with Crippen LogP contribution in [-0.4, -0.2) is 47.8 Å². The standard InChI is InChI=1S/C23H34N4O3S/c1-4-26(5-2)31(29,30)19-12-13-21-20(16-19)25-22(27(21)6-3)14-15-23(28)24-17-18-10-8-7-9-11-18/h7-8,12-13,16,18H,4-6,9-11,14-15,17H2,1-3H3,(H,24,28). The van der Waals surface area contributed by atoms with Gasteiger partial charge in [0.1, 0.15) is 5.82 Å². The molecule has 3 rings (SSSR count). The summed E-state index contributed by atoms with van der Waals surface area (Å²) in [5.74, 6) is 1.38. The molecule has 1 N–H and O–H groups in total. The fraction of sp³-hybridized carbons (Fsp3) is 0.565. The highest BCUT2D eigenvalue weighted by molar-refractivity contribution is 7.89. The van der Waals surface area contributed by atoms with E-state index in [4.69, 9.17) is 0 Å². The van der Waals surface area contributed by atoms with Crippen LogP contribution in [0.2, 0.25) is 0 Å². The van der Waals surface area contributed by atoms with Crippen LogP contribution in [-0.2, 0) is 27.8 Å². The van der Waals surface area contributed by atoms with Crippen molar-refractivity contribution in [2.45, 2.75) is 64.3 Å². The van der Waals surface area contributed by atoms with Crippen molar-refractivity contribution in [1.82, 2.24) is 19.2 Å². The second-order valence-electron chi connectivity index (χ2n) is 7.97. The first-order valence-electron chi connectivity index (χ1n) is 11.3. The number of imidazole rings is 1. The number of rotatable bonds is 10. The lowest BCUT2D eigenvalue weighted by Crippen LogP contribution is -2.30. The van der Waals surface area contributed by atoms with Gasteiger partial charge < -0.3 is 9.88 Å². The Morgan fingerprint density at radius 3 is 2.65 bits per heavy atom. The number of aryl methyl sites for hydroxylation is 2. The van der Waals surface area contributed by atoms with Crippen molar-refractivity contribution in [3.63, 3.8) is 0 Å². The van der Waals surface area contributed by atoms with Crippen LogP contribution >= 0.6 is 0 Å². The van der Waals surface area contributed by atoms with Crippen molar-refractivity contribution in [1.29, 1.82) is 0 Å². The molecule has 1 unspecified atom stereocenters. The zero-order chi connectivity index (χ0) is 22.4. The molecule has 1 atom stereocenters. The van der Waals surface area contributed by atoms with Gasteiger partial charge >= 0.3 is 0 Å². The van der Waals surface area contributed by atoms with Crippen LogP contribution in [0.3, 0.4) is 0 Å². The Morgan fingerprint density at radius 2 is 2.00 bits per heavy atom. The topological polar surface area (TPSA) is 84.3 Å². The number of aromatic nitrogens is 2. The molecule has 0 spiro atoms. The second kappa shape index (κ2) is 10.4. The van der Waals surface area contributed by atoms with Crippen LogP contribution in [0.25, 0.3) is 11.0 Å². The number of carbonyl (C=O) groups excluding carboxylic acids is 1. The number of allylic oxidation sites excluding steroid dienone is 2. The summed E-state index contributed by atoms with van der Waals surface area (Å²) in [6.45, 7) is 7.99. The van der Waals surface area contributed by atoms with Crippen LogP contribution in [0.4, 0.5) is 0 Å². The van der Waals surface area contributed by atoms with Crippen LogP contribution in [0.5, 0.6) is 0 Å². The van der Waals surface area contributed by atoms with E-state index in [0.29, 0.717) is 43.9 Å². The maximum absolute atomic E-state index is 12.9. The van der Waals surface area contributed by atoms with E-state index < -0.39 is 10.0 Å². The average molecular weight is 447 g/mol. The third kappa shape index (κ3) is 5.36. The Balaban J connectivity index is 1.72. The molecule has 0 radical (unpaired) electrons. The van der Waals surface area contributed by atoms with Gasteiger partial charge in [-0.2, -0.15) is 4.31 Å². The van der Waals surface area contributed by atoms with Gasteiger partial charge in [0.05, 0.1) is 15.9 Å². The van der Waals surface area contributed by atoms with Gasteiger partial charge in [-0.05, 0) is 50.3 Å². The van der Waals surface area contributed by atoms with Gasteiger partial charge in [-0.3, -0.25) is 4.79 Å². The molecule has 2 aromatic rings. The van der Waals surface area contributed by atoms with E-state index in [1.807, 2.05) is 26.8 Å². The highest BCUT2D eigenvalue weighted by Gasteiger charge is 2.23. The highest BCUT2D eigenvalue weighted by Crippen LogP contribution is 2.23. The molecule has 1 aromatic carbocycles. The fourth-order valence-corrected chi connectivity index (χ4v) is 5.67. The van der Waals surface area contributed by atoms with Crippen LogP contribution < -0.4 is 5.32 Å². The molecule has 170 valence electrons. The Morgan fingerprint density at radius 1 is 1.23 bits per heavy atom. The first-order chi connectivity index (χ1) is 14.9. The van der Waals surface area contributed by atoms with E-state index in [0.717, 1.165) is 37.1 Å². The third-order valence-electron chi connectivity index (χ3n) is 6.00. The molecule has 1 heterocycles. The minimum Gasteiger partial charge on any atom is -0.356 e. The van der Waals surface area contributed by atoms with E-state index in [9.17, 15) is 13.2 Å². The van der Waals surface area contributed by atoms with Gasteiger partial charge in [-0.25, -0.2) is 13.4 Å². The van der Waals surface area contributed by atoms with Gasteiger partial charge in [-0.15, -0.1) is 0 Å². The summed E-state index contributed by atoms with van der Waals surface area (Å²) < 4.78 is 29.2. The molecule has 0 aliphatic heterocycles. The number of carbonyl (C=O) groups is 1. The van der Waals surface area contributed by atoms with Gasteiger partial charge in [-0.1, -0.05) is 26.0 Å². The number of amides is 1. The summed E-state index contributed by atoms with van der Waals surface area (Å²) in [6, 6.07) is 5.12. The summed E-state index contributed by atoms with van der Waals surface area (Å²) in [5.41, 5.74) is 1.55. The van der Waals surface area contributed by atoms with Gasteiger partial charge in [0.15, 0.2) is 0 Å². The van der Waals surface area contributed by atoms with Crippen LogP contribution in [0.15, 0.2) is 35.2 Å². The number of benzene rings is 1. The SMILES string of the molecule is CCN(CC)S(=O)(=O)c1ccc2c(c1)nc(CCC(=O)NCC1CC=CCC1)n2CC. The minimum atomic E-state index is -3.53. The molecule has 1 aliphatic rings. The molecule has 0 saturated carbocycles. The molecule has 1 aromatic heterocycles. The molecule has 1 aliphatic carbocycles. The molecule has 0 fully saturated rings. The van der Waals surface area contributed by atoms with E-state index in [2.05, 4.69) is 27.0 Å². The van der Waals surface area contributed by atoms with Crippen molar-refractivity contribution in [3.8, 4) is 0 Å². The maximum Gasteiger partial charge on any atom is 0.243 e. The van der Waals surface area contributed by atoms with Crippen molar-refractivity contribution >= 4 is 27.0 Å². The molecule has 1 amide bonds. The van der Waals surface area contributed by atoms with E-state index in [-0.39, 0.29) is 10.8 Å². The lowest BCUT2D eigenvalue weighted by Gasteiger charge is -2.18. The van der Waals surface area contributed by atoms with Crippen molar-refractivity contribution in [3.05, 3.63) is 36.2 Å². The van der Waals surface area contributed by atoms with Crippen LogP contribution in [0.1, 0.15) is 52.3 Å². The fourth-order valence-electron chi connectivity index (χ4n) is 4.19. The number of sulfonamides is 1. The third-order valence-corrected chi connectivity index (χ3v) is 8.05. The zero-order valence-corrected chi connectivity index (χ0v) is 19.6. The van der Waals surface area contributed by atoms with Crippen molar-refractivity contribution in [2.75, 3.05) is 19.6 Å². The lowest BCUT2D eigenvalue weighted by atomic mass is 9.94. The first kappa shape index (κ1) is 23.5. The first-order valence-corrected chi connectivity index (χ1v) is 12.8. The molecular formula is C23H34N4O3S. The number of hydrogen-bond donors (Lipinski definition) is 1. The normalized spacial score (nSPS) is 16.8. The van der Waals surface area contributed by atoms with E-state index in [1.165, 1.54) is 4.31 Å². The van der Waals surface area contributed by atoms with Gasteiger partial charge in [0.2, 0.25) is 15.9 Å². The minimum absolute atomic E-state index is 0.0362. The monoisotopic (exact) mass is 446 g/mol. The molecule has 0 saturated heterocycles. The molecular weight excluding hydrogens is 412 g/mol. The van der Waals surface area contributed by atoms with E-state index >= 15 is 0 Å². The summed E-state index contributed by atoms with van der Waals surface area (Å²) >= 11 is 0. The Kier molecular flexibility index (Phi) is 7.89. The van der Waals surface area contributed by atoms with Crippen molar-refractivity contribution < 1.29 is 13.2 Å². The number of fused-ring (bicyclic) bond motifs is 1. The maximum atomic E-state index is 12.9. The van der Waals surface area contributed by atoms with Crippen molar-refractivity contribution in [2.24, 2.45) is 5.92 Å². The Hall–Kier alpha value is -2.19. The Labute approximate surface area is 185 Å². The molecule has 7 nitrogen and oxygen atoms in total. The zero-order valence-electron chi connectivity index (χ0n) is 18.8. The number of nitrogens with one attached hydrogen (secondary N) is 1. The average Bonchev–Trinajstić information content (AvgIpc) is 3.14. The smallest absolute Gasteiger partial charge is 0.243 e. The quantitative estimate of drug-likeness (QED) is 0.566. The summed E-state index contributed by atoms with van der Waals surface area (Å²) in [5, 5.41) is 3.05. The summed E-state index contributed by atoms with van der Waals surface area (Å²) in [7, 11) is -3.53. The molecule has 0 bridgehead atoms. The lowest BCUT2D eigenvalue weighted by molar-refractivity contribution is -0.121. The predicted molar refractivity (Wildman–Crippen MR) is 123 cm³/mol. The Bertz CT molecular complexity index is 1040. The van der Waals surface area contributed by atoms with Gasteiger partial charge in [0.25, 0.3) is 0 Å². The molecule has 31 heavy (non-hydrogen) atoms. The summed E-state index contributed by atoms with van der Waals surface area (Å²) in [6.07, 6.45) is 8.54. The number of nitrogens with zero attached hydrogens (tertiary/aromatic N) is 3. The van der Waals surface area contributed by atoms with E-state index in [1.54, 1.807) is 12.1 Å². The highest BCUT2D eigenvalue weighted by atomic mass is 32.2. The largest absolute Gasteiger partial charge is 0.356 e. The predicted octanol–water partition coefficient (Wildman–Crippen LogP) is 3.49.